The summed E-state index contributed by atoms with van der Waals surface area (Å²) in [7, 11) is 0. The maximum Gasteiger partial charge on any atom is 0.240 e. The first-order valence-corrected chi connectivity index (χ1v) is 5.60. The van der Waals surface area contributed by atoms with Crippen LogP contribution in [-0.4, -0.2) is 17.6 Å². The third-order valence-corrected chi connectivity index (χ3v) is 3.66. The van der Waals surface area contributed by atoms with Crippen LogP contribution in [0.1, 0.15) is 28.8 Å². The summed E-state index contributed by atoms with van der Waals surface area (Å²) < 4.78 is 0. The van der Waals surface area contributed by atoms with Crippen LogP contribution in [0.5, 0.6) is 0 Å². The van der Waals surface area contributed by atoms with Crippen LogP contribution in [0.3, 0.4) is 0 Å². The predicted molar refractivity (Wildman–Crippen MR) is 59.3 cm³/mol. The second-order valence-corrected chi connectivity index (χ2v) is 4.62. The molecule has 1 aliphatic heterocycles. The zero-order chi connectivity index (χ0) is 12.0. The van der Waals surface area contributed by atoms with Crippen molar-refractivity contribution in [1.29, 1.82) is 0 Å². The van der Waals surface area contributed by atoms with Gasteiger partial charge in [0.2, 0.25) is 11.8 Å². The van der Waals surface area contributed by atoms with E-state index in [-0.39, 0.29) is 18.1 Å². The van der Waals surface area contributed by atoms with E-state index >= 15 is 0 Å². The molecule has 1 aromatic rings. The second kappa shape index (κ2) is 3.26. The minimum Gasteiger partial charge on any atom is -0.296 e. The van der Waals surface area contributed by atoms with Gasteiger partial charge in [0, 0.05) is 12.0 Å². The number of carbonyl (C=O) groups is 3. The molecule has 2 amide bonds. The molecule has 0 bridgehead atoms. The van der Waals surface area contributed by atoms with E-state index < -0.39 is 11.3 Å². The normalized spacial score (nSPS) is 27.2. The zero-order valence-electron chi connectivity index (χ0n) is 9.16. The fraction of sp³-hybridized carbons (Fsp3) is 0.308. The Morgan fingerprint density at radius 1 is 1.12 bits per heavy atom. The first-order valence-electron chi connectivity index (χ1n) is 5.60. The number of amides is 2. The topological polar surface area (TPSA) is 63.2 Å². The number of carbonyl (C=O) groups excluding carboxylic acids is 3. The molecule has 4 heteroatoms. The summed E-state index contributed by atoms with van der Waals surface area (Å²) in [6, 6.07) is 7.26. The summed E-state index contributed by atoms with van der Waals surface area (Å²) in [6.45, 7) is 0. The number of rotatable bonds is 0. The number of ketones is 1. The van der Waals surface area contributed by atoms with Crippen molar-refractivity contribution in [3.05, 3.63) is 35.4 Å². The van der Waals surface area contributed by atoms with Gasteiger partial charge in [-0.15, -0.1) is 0 Å². The number of benzene rings is 1. The maximum absolute atomic E-state index is 12.3. The van der Waals surface area contributed by atoms with Crippen LogP contribution < -0.4 is 5.32 Å². The minimum absolute atomic E-state index is 0.141. The van der Waals surface area contributed by atoms with Gasteiger partial charge < -0.3 is 0 Å². The molecule has 0 radical (unpaired) electrons. The predicted octanol–water partition coefficient (Wildman–Crippen LogP) is 0.848. The molecule has 1 aliphatic carbocycles. The molecule has 0 saturated carbocycles. The lowest BCUT2D eigenvalue weighted by atomic mass is 9.76. The van der Waals surface area contributed by atoms with E-state index in [2.05, 4.69) is 5.32 Å². The molecule has 17 heavy (non-hydrogen) atoms. The summed E-state index contributed by atoms with van der Waals surface area (Å²) in [5.74, 6) is -0.863. The van der Waals surface area contributed by atoms with Gasteiger partial charge >= 0.3 is 0 Å². The van der Waals surface area contributed by atoms with Crippen LogP contribution >= 0.6 is 0 Å². The van der Waals surface area contributed by atoms with Crippen LogP contribution in [-0.2, 0) is 16.0 Å². The highest BCUT2D eigenvalue weighted by Gasteiger charge is 2.53. The van der Waals surface area contributed by atoms with Crippen molar-refractivity contribution in [3.8, 4) is 0 Å². The Balaban J connectivity index is 2.06. The number of Topliss-reactive ketones (excluding diaryl/α,β-unsaturated/α-hetero) is 1. The molecule has 1 spiro atoms. The lowest BCUT2D eigenvalue weighted by Gasteiger charge is -2.29. The van der Waals surface area contributed by atoms with Gasteiger partial charge in [0.1, 0.15) is 5.41 Å². The standard InChI is InChI=1S/C13H11NO3/c15-10-5-6-13(12(17)14-10)7-8-3-1-2-4-9(8)11(13)16/h1-4H,5-7H2,(H,14,15,17). The SMILES string of the molecule is O=C1CCC2(Cc3ccccc3C2=O)C(=O)N1. The summed E-state index contributed by atoms with van der Waals surface area (Å²) in [6.07, 6.45) is 0.984. The molecule has 3 rings (SSSR count). The van der Waals surface area contributed by atoms with Crippen molar-refractivity contribution in [1.82, 2.24) is 5.32 Å². The van der Waals surface area contributed by atoms with E-state index in [9.17, 15) is 14.4 Å². The quantitative estimate of drug-likeness (QED) is 0.530. The molecule has 1 aromatic carbocycles. The highest BCUT2D eigenvalue weighted by atomic mass is 16.2. The van der Waals surface area contributed by atoms with Gasteiger partial charge in [0.25, 0.3) is 0 Å². The molecular weight excluding hydrogens is 218 g/mol. The van der Waals surface area contributed by atoms with Gasteiger partial charge in [0.15, 0.2) is 5.78 Å². The molecular formula is C13H11NO3. The Morgan fingerprint density at radius 2 is 1.88 bits per heavy atom. The third-order valence-electron chi connectivity index (χ3n) is 3.66. The van der Waals surface area contributed by atoms with Crippen LogP contribution in [0.15, 0.2) is 24.3 Å². The van der Waals surface area contributed by atoms with Crippen molar-refractivity contribution in [2.45, 2.75) is 19.3 Å². The van der Waals surface area contributed by atoms with Gasteiger partial charge in [-0.2, -0.15) is 0 Å². The number of nitrogens with one attached hydrogen (secondary N) is 1. The number of hydrogen-bond donors (Lipinski definition) is 1. The molecule has 1 atom stereocenters. The van der Waals surface area contributed by atoms with E-state index in [1.165, 1.54) is 0 Å². The first kappa shape index (κ1) is 10.2. The van der Waals surface area contributed by atoms with Gasteiger partial charge in [-0.1, -0.05) is 24.3 Å². The van der Waals surface area contributed by atoms with Crippen molar-refractivity contribution < 1.29 is 14.4 Å². The molecule has 0 aromatic heterocycles. The van der Waals surface area contributed by atoms with Gasteiger partial charge in [0.05, 0.1) is 0 Å². The highest BCUT2D eigenvalue weighted by molar-refractivity contribution is 6.20. The lowest BCUT2D eigenvalue weighted by molar-refractivity contribution is -0.139. The molecule has 86 valence electrons. The molecule has 1 N–H and O–H groups in total. The number of fused-ring (bicyclic) bond motifs is 1. The molecule has 1 heterocycles. The van der Waals surface area contributed by atoms with Crippen molar-refractivity contribution >= 4 is 17.6 Å². The molecule has 2 aliphatic rings. The molecule has 1 unspecified atom stereocenters. The highest BCUT2D eigenvalue weighted by Crippen LogP contribution is 2.42. The maximum atomic E-state index is 12.3. The van der Waals surface area contributed by atoms with Crippen molar-refractivity contribution in [2.75, 3.05) is 0 Å². The largest absolute Gasteiger partial charge is 0.296 e. The fourth-order valence-electron chi connectivity index (χ4n) is 2.69. The van der Waals surface area contributed by atoms with E-state index in [4.69, 9.17) is 0 Å². The van der Waals surface area contributed by atoms with E-state index in [0.717, 1.165) is 5.56 Å². The van der Waals surface area contributed by atoms with Crippen LogP contribution in [0, 0.1) is 5.41 Å². The number of imide groups is 1. The number of piperidine rings is 1. The summed E-state index contributed by atoms with van der Waals surface area (Å²) in [5.41, 5.74) is 0.497. The average Bonchev–Trinajstić information content (AvgIpc) is 2.60. The fourth-order valence-corrected chi connectivity index (χ4v) is 2.69. The summed E-state index contributed by atoms with van der Waals surface area (Å²) >= 11 is 0. The Labute approximate surface area is 98.0 Å². The van der Waals surface area contributed by atoms with Gasteiger partial charge in [-0.05, 0) is 18.4 Å². The summed E-state index contributed by atoms with van der Waals surface area (Å²) in [5, 5.41) is 2.28. The molecule has 1 saturated heterocycles. The van der Waals surface area contributed by atoms with Crippen molar-refractivity contribution in [3.63, 3.8) is 0 Å². The average molecular weight is 229 g/mol. The van der Waals surface area contributed by atoms with Crippen LogP contribution in [0.4, 0.5) is 0 Å². The Morgan fingerprint density at radius 3 is 2.59 bits per heavy atom. The molecule has 4 nitrogen and oxygen atoms in total. The van der Waals surface area contributed by atoms with Gasteiger partial charge in [-0.3, -0.25) is 19.7 Å². The van der Waals surface area contributed by atoms with Crippen LogP contribution in [0.2, 0.25) is 0 Å². The minimum atomic E-state index is -1.03. The summed E-state index contributed by atoms with van der Waals surface area (Å²) in [4.78, 5) is 35.4. The monoisotopic (exact) mass is 229 g/mol. The smallest absolute Gasteiger partial charge is 0.240 e. The number of hydrogen-bond acceptors (Lipinski definition) is 3. The first-order chi connectivity index (χ1) is 8.13. The van der Waals surface area contributed by atoms with Gasteiger partial charge in [-0.25, -0.2) is 0 Å². The second-order valence-electron chi connectivity index (χ2n) is 4.62. The Kier molecular flexibility index (Phi) is 1.96. The zero-order valence-corrected chi connectivity index (χ0v) is 9.16. The molecule has 1 fully saturated rings. The van der Waals surface area contributed by atoms with Crippen molar-refractivity contribution in [2.24, 2.45) is 5.41 Å². The van der Waals surface area contributed by atoms with E-state index in [1.807, 2.05) is 12.1 Å². The Hall–Kier alpha value is -1.97. The van der Waals surface area contributed by atoms with E-state index in [1.54, 1.807) is 12.1 Å². The Bertz CT molecular complexity index is 549. The third kappa shape index (κ3) is 1.27. The van der Waals surface area contributed by atoms with E-state index in [0.29, 0.717) is 18.4 Å². The van der Waals surface area contributed by atoms with Crippen LogP contribution in [0.25, 0.3) is 0 Å². The lowest BCUT2D eigenvalue weighted by Crippen LogP contribution is -2.51.